The predicted molar refractivity (Wildman–Crippen MR) is 94.4 cm³/mol. The highest BCUT2D eigenvalue weighted by Crippen LogP contribution is 2.13. The molecule has 3 heterocycles. The molecular formula is C16H27N5OS. The van der Waals surface area contributed by atoms with Crippen LogP contribution in [0.1, 0.15) is 24.1 Å². The van der Waals surface area contributed by atoms with Gasteiger partial charge in [0.15, 0.2) is 5.11 Å². The van der Waals surface area contributed by atoms with Gasteiger partial charge in [0.25, 0.3) is 0 Å². The fraction of sp³-hybridized carbons (Fsp3) is 0.750. The van der Waals surface area contributed by atoms with Crippen molar-refractivity contribution in [2.45, 2.75) is 32.4 Å². The Kier molecular flexibility index (Phi) is 5.50. The molecule has 1 atom stereocenters. The summed E-state index contributed by atoms with van der Waals surface area (Å²) in [6.07, 6.45) is 4.64. The summed E-state index contributed by atoms with van der Waals surface area (Å²) in [4.78, 5) is 4.75. The second-order valence-corrected chi connectivity index (χ2v) is 6.85. The number of hydrogen-bond acceptors (Lipinski definition) is 4. The summed E-state index contributed by atoms with van der Waals surface area (Å²) in [6.45, 7) is 8.88. The average Bonchev–Trinajstić information content (AvgIpc) is 3.19. The molecule has 0 aliphatic carbocycles. The molecule has 2 aliphatic heterocycles. The summed E-state index contributed by atoms with van der Waals surface area (Å²) in [7, 11) is 1.99. The third-order valence-electron chi connectivity index (χ3n) is 4.90. The van der Waals surface area contributed by atoms with Crippen LogP contribution in [0.15, 0.2) is 6.20 Å². The SMILES string of the molecule is Cc1c(CN2CCN(C(=S)NCC3CCCO3)CC2)cnn1C. The lowest BCUT2D eigenvalue weighted by Gasteiger charge is -2.36. The van der Waals surface area contributed by atoms with Gasteiger partial charge >= 0.3 is 0 Å². The minimum atomic E-state index is 0.336. The highest BCUT2D eigenvalue weighted by molar-refractivity contribution is 7.80. The molecule has 2 aliphatic rings. The van der Waals surface area contributed by atoms with Crippen LogP contribution >= 0.6 is 12.2 Å². The van der Waals surface area contributed by atoms with Crippen LogP contribution in [0.3, 0.4) is 0 Å². The van der Waals surface area contributed by atoms with Crippen molar-refractivity contribution < 1.29 is 4.74 Å². The second kappa shape index (κ2) is 7.59. The fourth-order valence-corrected chi connectivity index (χ4v) is 3.43. The number of thiocarbonyl (C=S) groups is 1. The quantitative estimate of drug-likeness (QED) is 0.824. The van der Waals surface area contributed by atoms with E-state index in [1.807, 2.05) is 17.9 Å². The van der Waals surface area contributed by atoms with Gasteiger partial charge < -0.3 is 15.0 Å². The Morgan fingerprint density at radius 2 is 2.17 bits per heavy atom. The van der Waals surface area contributed by atoms with Crippen molar-refractivity contribution in [3.8, 4) is 0 Å². The Hall–Kier alpha value is -1.18. The fourth-order valence-electron chi connectivity index (χ4n) is 3.17. The Labute approximate surface area is 143 Å². The van der Waals surface area contributed by atoms with Crippen molar-refractivity contribution in [2.24, 2.45) is 7.05 Å². The number of piperazine rings is 1. The first-order valence-electron chi connectivity index (χ1n) is 8.47. The molecule has 1 N–H and O–H groups in total. The van der Waals surface area contributed by atoms with Crippen LogP contribution in [-0.2, 0) is 18.3 Å². The second-order valence-electron chi connectivity index (χ2n) is 6.46. The van der Waals surface area contributed by atoms with Crippen LogP contribution < -0.4 is 5.32 Å². The van der Waals surface area contributed by atoms with Gasteiger partial charge in [-0.3, -0.25) is 9.58 Å². The first-order chi connectivity index (χ1) is 11.1. The molecule has 0 amide bonds. The monoisotopic (exact) mass is 337 g/mol. The first-order valence-corrected chi connectivity index (χ1v) is 8.88. The first kappa shape index (κ1) is 16.7. The zero-order chi connectivity index (χ0) is 16.2. The van der Waals surface area contributed by atoms with E-state index >= 15 is 0 Å². The van der Waals surface area contributed by atoms with Crippen LogP contribution in [0.5, 0.6) is 0 Å². The zero-order valence-electron chi connectivity index (χ0n) is 14.1. The van der Waals surface area contributed by atoms with E-state index in [9.17, 15) is 0 Å². The number of rotatable bonds is 4. The molecule has 6 nitrogen and oxygen atoms in total. The summed E-state index contributed by atoms with van der Waals surface area (Å²) in [5.41, 5.74) is 2.57. The van der Waals surface area contributed by atoms with E-state index in [0.717, 1.165) is 57.4 Å². The average molecular weight is 337 g/mol. The van der Waals surface area contributed by atoms with Gasteiger partial charge in [-0.2, -0.15) is 5.10 Å². The number of hydrogen-bond donors (Lipinski definition) is 1. The third kappa shape index (κ3) is 4.22. The van der Waals surface area contributed by atoms with Gasteiger partial charge in [0.2, 0.25) is 0 Å². The van der Waals surface area contributed by atoms with Gasteiger partial charge in [0, 0.05) is 64.2 Å². The van der Waals surface area contributed by atoms with E-state index < -0.39 is 0 Å². The van der Waals surface area contributed by atoms with Gasteiger partial charge in [-0.15, -0.1) is 0 Å². The summed E-state index contributed by atoms with van der Waals surface area (Å²) < 4.78 is 7.57. The standard InChI is InChI=1S/C16H27N5OS/c1-13-14(10-18-19(13)2)12-20-5-7-21(8-6-20)16(23)17-11-15-4-3-9-22-15/h10,15H,3-9,11-12H2,1-2H3,(H,17,23). The molecule has 3 rings (SSSR count). The molecule has 23 heavy (non-hydrogen) atoms. The summed E-state index contributed by atoms with van der Waals surface area (Å²) >= 11 is 5.53. The predicted octanol–water partition coefficient (Wildman–Crippen LogP) is 0.900. The number of nitrogens with zero attached hydrogens (tertiary/aromatic N) is 4. The van der Waals surface area contributed by atoms with Gasteiger partial charge in [-0.25, -0.2) is 0 Å². The minimum absolute atomic E-state index is 0.336. The van der Waals surface area contributed by atoms with Crippen molar-refractivity contribution in [2.75, 3.05) is 39.3 Å². The van der Waals surface area contributed by atoms with Gasteiger partial charge in [0.1, 0.15) is 0 Å². The lowest BCUT2D eigenvalue weighted by molar-refractivity contribution is 0.112. The maximum Gasteiger partial charge on any atom is 0.169 e. The lowest BCUT2D eigenvalue weighted by Crippen LogP contribution is -2.52. The van der Waals surface area contributed by atoms with Crippen molar-refractivity contribution in [1.29, 1.82) is 0 Å². The van der Waals surface area contributed by atoms with Crippen molar-refractivity contribution >= 4 is 17.3 Å². The molecule has 1 unspecified atom stereocenters. The molecule has 2 fully saturated rings. The van der Waals surface area contributed by atoms with Crippen molar-refractivity contribution in [3.63, 3.8) is 0 Å². The van der Waals surface area contributed by atoms with Crippen LogP contribution in [-0.4, -0.2) is 70.1 Å². The molecule has 1 aromatic heterocycles. The summed E-state index contributed by atoms with van der Waals surface area (Å²) in [5.74, 6) is 0. The van der Waals surface area contributed by atoms with Crippen LogP contribution in [0.25, 0.3) is 0 Å². The molecule has 0 bridgehead atoms. The summed E-state index contributed by atoms with van der Waals surface area (Å²) in [6, 6.07) is 0. The van der Waals surface area contributed by atoms with E-state index in [-0.39, 0.29) is 0 Å². The molecule has 1 aromatic rings. The van der Waals surface area contributed by atoms with Crippen molar-refractivity contribution in [3.05, 3.63) is 17.5 Å². The number of ether oxygens (including phenoxy) is 1. The number of nitrogens with one attached hydrogen (secondary N) is 1. The Balaban J connectivity index is 1.40. The van der Waals surface area contributed by atoms with Gasteiger partial charge in [-0.05, 0) is 32.0 Å². The van der Waals surface area contributed by atoms with E-state index in [0.29, 0.717) is 6.10 Å². The topological polar surface area (TPSA) is 45.6 Å². The highest BCUT2D eigenvalue weighted by atomic mass is 32.1. The van der Waals surface area contributed by atoms with Gasteiger partial charge in [0.05, 0.1) is 12.3 Å². The molecule has 128 valence electrons. The Morgan fingerprint density at radius 1 is 1.39 bits per heavy atom. The molecule has 2 saturated heterocycles. The molecule has 0 aromatic carbocycles. The number of aryl methyl sites for hydroxylation is 1. The largest absolute Gasteiger partial charge is 0.376 e. The summed E-state index contributed by atoms with van der Waals surface area (Å²) in [5, 5.41) is 8.57. The van der Waals surface area contributed by atoms with E-state index in [1.54, 1.807) is 0 Å². The molecular weight excluding hydrogens is 310 g/mol. The lowest BCUT2D eigenvalue weighted by atomic mass is 10.2. The molecule has 7 heteroatoms. The van der Waals surface area contributed by atoms with Crippen LogP contribution in [0.2, 0.25) is 0 Å². The van der Waals surface area contributed by atoms with Crippen LogP contribution in [0, 0.1) is 6.92 Å². The van der Waals surface area contributed by atoms with E-state index in [1.165, 1.54) is 17.7 Å². The minimum Gasteiger partial charge on any atom is -0.376 e. The molecule has 0 radical (unpaired) electrons. The van der Waals surface area contributed by atoms with Gasteiger partial charge in [-0.1, -0.05) is 0 Å². The zero-order valence-corrected chi connectivity index (χ0v) is 14.9. The number of aromatic nitrogens is 2. The maximum absolute atomic E-state index is 5.63. The third-order valence-corrected chi connectivity index (χ3v) is 5.30. The van der Waals surface area contributed by atoms with E-state index in [4.69, 9.17) is 17.0 Å². The Bertz CT molecular complexity index is 533. The van der Waals surface area contributed by atoms with Crippen molar-refractivity contribution in [1.82, 2.24) is 24.9 Å². The van der Waals surface area contributed by atoms with Crippen LogP contribution in [0.4, 0.5) is 0 Å². The smallest absolute Gasteiger partial charge is 0.169 e. The highest BCUT2D eigenvalue weighted by Gasteiger charge is 2.21. The normalized spacial score (nSPS) is 22.5. The molecule has 0 saturated carbocycles. The Morgan fingerprint density at radius 3 is 2.78 bits per heavy atom. The van der Waals surface area contributed by atoms with E-state index in [2.05, 4.69) is 27.1 Å². The maximum atomic E-state index is 5.63. The molecule has 0 spiro atoms.